The molecule has 0 aliphatic heterocycles. The lowest BCUT2D eigenvalue weighted by molar-refractivity contribution is -0.122. The Morgan fingerprint density at radius 1 is 1.37 bits per heavy atom. The predicted octanol–water partition coefficient (Wildman–Crippen LogP) is 0.919. The van der Waals surface area contributed by atoms with Crippen LogP contribution in [0.5, 0.6) is 0 Å². The molecule has 5 N–H and O–H groups in total. The topological polar surface area (TPSA) is 98.2 Å². The van der Waals surface area contributed by atoms with Crippen molar-refractivity contribution in [2.24, 2.45) is 11.5 Å². The Hall–Kier alpha value is -1.88. The highest BCUT2D eigenvalue weighted by atomic mass is 16.2. The summed E-state index contributed by atoms with van der Waals surface area (Å²) in [5.74, 6) is -0.647. The summed E-state index contributed by atoms with van der Waals surface area (Å²) in [6.45, 7) is 2.40. The first-order valence-corrected chi connectivity index (χ1v) is 6.46. The van der Waals surface area contributed by atoms with E-state index in [1.165, 1.54) is 0 Å². The van der Waals surface area contributed by atoms with Gasteiger partial charge in [0.25, 0.3) is 0 Å². The van der Waals surface area contributed by atoms with Crippen molar-refractivity contribution in [1.29, 1.82) is 0 Å². The highest BCUT2D eigenvalue weighted by Gasteiger charge is 2.12. The molecule has 2 amide bonds. The quantitative estimate of drug-likeness (QED) is 0.682. The molecule has 5 nitrogen and oxygen atoms in total. The molecule has 1 unspecified atom stereocenters. The Balaban J connectivity index is 2.50. The molecule has 0 bridgehead atoms. The smallest absolute Gasteiger partial charge is 0.248 e. The fraction of sp³-hybridized carbons (Fsp3) is 0.429. The Bertz CT molecular complexity index is 446. The third-order valence-corrected chi connectivity index (χ3v) is 2.88. The number of unbranched alkanes of at least 4 members (excludes halogenated alkanes) is 1. The molecule has 1 rings (SSSR count). The minimum Gasteiger partial charge on any atom is -0.366 e. The van der Waals surface area contributed by atoms with E-state index in [0.29, 0.717) is 18.5 Å². The Kier molecular flexibility index (Phi) is 6.02. The van der Waals surface area contributed by atoms with Crippen LogP contribution in [0.2, 0.25) is 0 Å². The maximum absolute atomic E-state index is 11.7. The maximum atomic E-state index is 11.7. The summed E-state index contributed by atoms with van der Waals surface area (Å²) >= 11 is 0. The summed E-state index contributed by atoms with van der Waals surface area (Å²) in [4.78, 5) is 22.7. The Labute approximate surface area is 113 Å². The number of benzene rings is 1. The van der Waals surface area contributed by atoms with Gasteiger partial charge in [-0.15, -0.1) is 0 Å². The second kappa shape index (κ2) is 7.53. The lowest BCUT2D eigenvalue weighted by atomic mass is 10.1. The van der Waals surface area contributed by atoms with Gasteiger partial charge in [0.15, 0.2) is 0 Å². The Morgan fingerprint density at radius 3 is 2.74 bits per heavy atom. The molecule has 1 aromatic rings. The number of rotatable bonds is 7. The minimum atomic E-state index is -0.479. The van der Waals surface area contributed by atoms with Crippen LogP contribution in [0.3, 0.4) is 0 Å². The third-order valence-electron chi connectivity index (χ3n) is 2.88. The maximum Gasteiger partial charge on any atom is 0.248 e. The molecule has 0 aliphatic carbocycles. The summed E-state index contributed by atoms with van der Waals surface area (Å²) < 4.78 is 0. The minimum absolute atomic E-state index is 0.169. The third kappa shape index (κ3) is 5.09. The van der Waals surface area contributed by atoms with E-state index >= 15 is 0 Å². The van der Waals surface area contributed by atoms with Crippen LogP contribution in [0, 0.1) is 0 Å². The van der Waals surface area contributed by atoms with Crippen LogP contribution in [0.4, 0.5) is 0 Å². The molecule has 5 heteroatoms. The highest BCUT2D eigenvalue weighted by Crippen LogP contribution is 2.05. The van der Waals surface area contributed by atoms with Crippen LogP contribution in [0.15, 0.2) is 24.3 Å². The van der Waals surface area contributed by atoms with Gasteiger partial charge in [-0.05, 0) is 24.1 Å². The number of carbonyl (C=O) groups excluding carboxylic acids is 2. The summed E-state index contributed by atoms with van der Waals surface area (Å²) in [6, 6.07) is 6.39. The van der Waals surface area contributed by atoms with Crippen molar-refractivity contribution in [3.05, 3.63) is 35.4 Å². The summed E-state index contributed by atoms with van der Waals surface area (Å²) in [6.07, 6.45) is 2.64. The zero-order valence-electron chi connectivity index (χ0n) is 11.2. The monoisotopic (exact) mass is 263 g/mol. The lowest BCUT2D eigenvalue weighted by Crippen LogP contribution is -2.40. The van der Waals surface area contributed by atoms with Crippen LogP contribution in [0.25, 0.3) is 0 Å². The molecule has 0 heterocycles. The predicted molar refractivity (Wildman–Crippen MR) is 74.3 cm³/mol. The molecular formula is C14H21N3O2. The van der Waals surface area contributed by atoms with E-state index in [2.05, 4.69) is 12.2 Å². The van der Waals surface area contributed by atoms with Crippen molar-refractivity contribution in [3.63, 3.8) is 0 Å². The molecule has 0 aromatic heterocycles. The van der Waals surface area contributed by atoms with E-state index in [0.717, 1.165) is 18.4 Å². The highest BCUT2D eigenvalue weighted by molar-refractivity contribution is 5.92. The standard InChI is InChI=1S/C14H21N3O2/c1-2-3-7-12(15)14(19)17-9-10-5-4-6-11(8-10)13(16)18/h4-6,8,12H,2-3,7,9,15H2,1H3,(H2,16,18)(H,17,19). The van der Waals surface area contributed by atoms with Gasteiger partial charge < -0.3 is 16.8 Å². The fourth-order valence-electron chi connectivity index (χ4n) is 1.71. The fourth-order valence-corrected chi connectivity index (χ4v) is 1.71. The summed E-state index contributed by atoms with van der Waals surface area (Å²) in [5, 5.41) is 2.76. The van der Waals surface area contributed by atoms with Crippen molar-refractivity contribution in [3.8, 4) is 0 Å². The van der Waals surface area contributed by atoms with Gasteiger partial charge in [0.2, 0.25) is 11.8 Å². The van der Waals surface area contributed by atoms with Crippen LogP contribution in [0.1, 0.15) is 42.1 Å². The number of hydrogen-bond donors (Lipinski definition) is 3. The molecular weight excluding hydrogens is 242 g/mol. The zero-order chi connectivity index (χ0) is 14.3. The van der Waals surface area contributed by atoms with Gasteiger partial charge in [0, 0.05) is 12.1 Å². The first kappa shape index (κ1) is 15.2. The normalized spacial score (nSPS) is 11.9. The molecule has 0 aliphatic rings. The van der Waals surface area contributed by atoms with Gasteiger partial charge in [-0.3, -0.25) is 9.59 Å². The van der Waals surface area contributed by atoms with Gasteiger partial charge >= 0.3 is 0 Å². The number of carbonyl (C=O) groups is 2. The van der Waals surface area contributed by atoms with E-state index < -0.39 is 11.9 Å². The molecule has 0 saturated heterocycles. The largest absolute Gasteiger partial charge is 0.366 e. The van der Waals surface area contributed by atoms with Crippen molar-refractivity contribution < 1.29 is 9.59 Å². The molecule has 0 saturated carbocycles. The van der Waals surface area contributed by atoms with Gasteiger partial charge in [0.1, 0.15) is 0 Å². The van der Waals surface area contributed by atoms with Gasteiger partial charge in [-0.25, -0.2) is 0 Å². The van der Waals surface area contributed by atoms with Crippen molar-refractivity contribution >= 4 is 11.8 Å². The number of hydrogen-bond acceptors (Lipinski definition) is 3. The number of nitrogens with two attached hydrogens (primary N) is 2. The molecule has 19 heavy (non-hydrogen) atoms. The van der Waals surface area contributed by atoms with Gasteiger partial charge in [-0.1, -0.05) is 31.9 Å². The van der Waals surface area contributed by atoms with E-state index in [4.69, 9.17) is 11.5 Å². The average molecular weight is 263 g/mol. The number of primary amides is 1. The first-order valence-electron chi connectivity index (χ1n) is 6.46. The van der Waals surface area contributed by atoms with E-state index in [-0.39, 0.29) is 5.91 Å². The number of amides is 2. The average Bonchev–Trinajstić information content (AvgIpc) is 2.42. The van der Waals surface area contributed by atoms with Crippen LogP contribution in [-0.4, -0.2) is 17.9 Å². The molecule has 0 radical (unpaired) electrons. The van der Waals surface area contributed by atoms with E-state index in [9.17, 15) is 9.59 Å². The molecule has 0 spiro atoms. The molecule has 1 atom stereocenters. The van der Waals surface area contributed by atoms with E-state index in [1.807, 2.05) is 6.07 Å². The van der Waals surface area contributed by atoms with Crippen molar-refractivity contribution in [2.45, 2.75) is 38.8 Å². The van der Waals surface area contributed by atoms with E-state index in [1.54, 1.807) is 18.2 Å². The summed E-state index contributed by atoms with van der Waals surface area (Å²) in [7, 11) is 0. The summed E-state index contributed by atoms with van der Waals surface area (Å²) in [5.41, 5.74) is 12.2. The zero-order valence-corrected chi connectivity index (χ0v) is 11.2. The van der Waals surface area contributed by atoms with Crippen molar-refractivity contribution in [1.82, 2.24) is 5.32 Å². The van der Waals surface area contributed by atoms with Crippen LogP contribution in [-0.2, 0) is 11.3 Å². The molecule has 0 fully saturated rings. The first-order chi connectivity index (χ1) is 9.04. The molecule has 1 aromatic carbocycles. The molecule has 104 valence electrons. The number of nitrogens with one attached hydrogen (secondary N) is 1. The van der Waals surface area contributed by atoms with Gasteiger partial charge in [0.05, 0.1) is 6.04 Å². The Morgan fingerprint density at radius 2 is 2.11 bits per heavy atom. The van der Waals surface area contributed by atoms with Gasteiger partial charge in [-0.2, -0.15) is 0 Å². The van der Waals surface area contributed by atoms with Crippen LogP contribution >= 0.6 is 0 Å². The second-order valence-electron chi connectivity index (χ2n) is 4.53. The van der Waals surface area contributed by atoms with Crippen LogP contribution < -0.4 is 16.8 Å². The second-order valence-corrected chi connectivity index (χ2v) is 4.53. The SMILES string of the molecule is CCCCC(N)C(=O)NCc1cccc(C(N)=O)c1. The van der Waals surface area contributed by atoms with Crippen molar-refractivity contribution in [2.75, 3.05) is 0 Å². The lowest BCUT2D eigenvalue weighted by Gasteiger charge is -2.12.